The highest BCUT2D eigenvalue weighted by molar-refractivity contribution is 6.33. The molecule has 0 radical (unpaired) electrons. The van der Waals surface area contributed by atoms with E-state index in [2.05, 4.69) is 10.2 Å². The Morgan fingerprint density at radius 2 is 1.78 bits per heavy atom. The van der Waals surface area contributed by atoms with Gasteiger partial charge in [0.25, 0.3) is 5.91 Å². The molecule has 1 N–H and O–H groups in total. The monoisotopic (exact) mass is 387 g/mol. The van der Waals surface area contributed by atoms with E-state index in [0.717, 1.165) is 18.8 Å². The number of ether oxygens (including phenoxy) is 1. The van der Waals surface area contributed by atoms with Crippen molar-refractivity contribution in [2.75, 3.05) is 43.5 Å². The second-order valence-electron chi connectivity index (χ2n) is 6.31. The lowest BCUT2D eigenvalue weighted by atomic mass is 10.1. The number of hydrogen-bond donors (Lipinski definition) is 1. The van der Waals surface area contributed by atoms with Crippen LogP contribution in [-0.2, 0) is 4.79 Å². The summed E-state index contributed by atoms with van der Waals surface area (Å²) in [7, 11) is 1.53. The number of amides is 2. The second kappa shape index (κ2) is 8.31. The van der Waals surface area contributed by atoms with Gasteiger partial charge in [-0.25, -0.2) is 0 Å². The third kappa shape index (κ3) is 4.34. The van der Waals surface area contributed by atoms with Gasteiger partial charge < -0.3 is 19.9 Å². The van der Waals surface area contributed by atoms with E-state index < -0.39 is 0 Å². The van der Waals surface area contributed by atoms with Crippen molar-refractivity contribution in [3.8, 4) is 5.75 Å². The molecule has 2 aromatic carbocycles. The van der Waals surface area contributed by atoms with Crippen LogP contribution >= 0.6 is 11.6 Å². The zero-order valence-corrected chi connectivity index (χ0v) is 16.1. The molecule has 6 nitrogen and oxygen atoms in total. The molecule has 0 bridgehead atoms. The summed E-state index contributed by atoms with van der Waals surface area (Å²) in [5, 5.41) is 3.41. The van der Waals surface area contributed by atoms with Gasteiger partial charge in [-0.15, -0.1) is 0 Å². The molecule has 1 aliphatic heterocycles. The summed E-state index contributed by atoms with van der Waals surface area (Å²) in [4.78, 5) is 27.9. The number of benzene rings is 2. The number of rotatable bonds is 4. The largest absolute Gasteiger partial charge is 0.496 e. The summed E-state index contributed by atoms with van der Waals surface area (Å²) in [6.07, 6.45) is 0. The van der Waals surface area contributed by atoms with Crippen LogP contribution in [-0.4, -0.2) is 50.0 Å². The Bertz CT molecular complexity index is 848. The molecule has 7 heteroatoms. The molecule has 2 aromatic rings. The Labute approximate surface area is 163 Å². The zero-order valence-electron chi connectivity index (χ0n) is 15.4. The number of anilines is 2. The first-order chi connectivity index (χ1) is 13.0. The number of nitrogens with zero attached hydrogens (tertiary/aromatic N) is 2. The highest BCUT2D eigenvalue weighted by Gasteiger charge is 2.20. The van der Waals surface area contributed by atoms with E-state index in [4.69, 9.17) is 16.3 Å². The van der Waals surface area contributed by atoms with Crippen molar-refractivity contribution in [1.29, 1.82) is 0 Å². The number of para-hydroxylation sites is 1. The van der Waals surface area contributed by atoms with E-state index in [1.54, 1.807) is 31.2 Å². The van der Waals surface area contributed by atoms with Crippen LogP contribution in [0, 0.1) is 0 Å². The molecule has 0 aliphatic carbocycles. The molecular weight excluding hydrogens is 366 g/mol. The first-order valence-electron chi connectivity index (χ1n) is 8.74. The maximum absolute atomic E-state index is 12.5. The van der Waals surface area contributed by atoms with Gasteiger partial charge in [0.15, 0.2) is 0 Å². The highest BCUT2D eigenvalue weighted by Crippen LogP contribution is 2.30. The Kier molecular flexibility index (Phi) is 5.86. The van der Waals surface area contributed by atoms with Gasteiger partial charge in [0.1, 0.15) is 5.75 Å². The van der Waals surface area contributed by atoms with E-state index in [1.807, 2.05) is 23.1 Å². The summed E-state index contributed by atoms with van der Waals surface area (Å²) in [5.74, 6) is 0.350. The number of piperazine rings is 1. The Morgan fingerprint density at radius 1 is 1.07 bits per heavy atom. The fourth-order valence-electron chi connectivity index (χ4n) is 3.13. The molecule has 1 heterocycles. The first kappa shape index (κ1) is 19.0. The van der Waals surface area contributed by atoms with E-state index in [0.29, 0.717) is 35.1 Å². The molecule has 2 amide bonds. The summed E-state index contributed by atoms with van der Waals surface area (Å²) < 4.78 is 5.23. The molecule has 27 heavy (non-hydrogen) atoms. The lowest BCUT2D eigenvalue weighted by molar-refractivity contribution is -0.129. The van der Waals surface area contributed by atoms with Crippen molar-refractivity contribution >= 4 is 34.8 Å². The molecule has 1 aliphatic rings. The van der Waals surface area contributed by atoms with Crippen molar-refractivity contribution in [3.05, 3.63) is 53.1 Å². The summed E-state index contributed by atoms with van der Waals surface area (Å²) in [5.41, 5.74) is 1.97. The molecule has 0 unspecified atom stereocenters. The van der Waals surface area contributed by atoms with Gasteiger partial charge in [0, 0.05) is 38.8 Å². The predicted molar refractivity (Wildman–Crippen MR) is 107 cm³/mol. The molecular formula is C20H22ClN3O3. The standard InChI is InChI=1S/C20H22ClN3O3/c1-14(25)23-9-11-24(12-10-23)18-8-7-15(13-17(18)21)22-20(26)16-5-3-4-6-19(16)27-2/h3-8,13H,9-12H2,1-2H3,(H,22,26). The topological polar surface area (TPSA) is 61.9 Å². The van der Waals surface area contributed by atoms with Gasteiger partial charge in [-0.3, -0.25) is 9.59 Å². The number of hydrogen-bond acceptors (Lipinski definition) is 4. The van der Waals surface area contributed by atoms with Crippen molar-refractivity contribution in [2.45, 2.75) is 6.92 Å². The fraction of sp³-hybridized carbons (Fsp3) is 0.300. The number of methoxy groups -OCH3 is 1. The van der Waals surface area contributed by atoms with Crippen molar-refractivity contribution in [2.24, 2.45) is 0 Å². The maximum Gasteiger partial charge on any atom is 0.259 e. The molecule has 0 aromatic heterocycles. The zero-order chi connectivity index (χ0) is 19.4. The summed E-state index contributed by atoms with van der Waals surface area (Å²) >= 11 is 6.45. The van der Waals surface area contributed by atoms with Crippen LogP contribution in [0.2, 0.25) is 5.02 Å². The minimum absolute atomic E-state index is 0.0927. The van der Waals surface area contributed by atoms with E-state index in [9.17, 15) is 9.59 Å². The minimum Gasteiger partial charge on any atom is -0.496 e. The normalized spacial score (nSPS) is 14.0. The molecule has 142 valence electrons. The van der Waals surface area contributed by atoms with Gasteiger partial charge >= 0.3 is 0 Å². The van der Waals surface area contributed by atoms with Crippen LogP contribution < -0.4 is 15.0 Å². The summed E-state index contributed by atoms with van der Waals surface area (Å²) in [6.45, 7) is 4.40. The van der Waals surface area contributed by atoms with Crippen molar-refractivity contribution in [1.82, 2.24) is 4.90 Å². The average molecular weight is 388 g/mol. The summed E-state index contributed by atoms with van der Waals surface area (Å²) in [6, 6.07) is 12.5. The Hall–Kier alpha value is -2.73. The van der Waals surface area contributed by atoms with E-state index in [-0.39, 0.29) is 11.8 Å². The quantitative estimate of drug-likeness (QED) is 0.874. The number of carbonyl (C=O) groups excluding carboxylic acids is 2. The SMILES string of the molecule is COc1ccccc1C(=O)Nc1ccc(N2CCN(C(C)=O)CC2)c(Cl)c1. The first-order valence-corrected chi connectivity index (χ1v) is 9.12. The van der Waals surface area contributed by atoms with Crippen LogP contribution in [0.4, 0.5) is 11.4 Å². The van der Waals surface area contributed by atoms with Crippen LogP contribution in [0.15, 0.2) is 42.5 Å². The van der Waals surface area contributed by atoms with Crippen LogP contribution in [0.3, 0.4) is 0 Å². The lowest BCUT2D eigenvalue weighted by Gasteiger charge is -2.36. The van der Waals surface area contributed by atoms with Gasteiger partial charge in [-0.05, 0) is 30.3 Å². The number of halogens is 1. The molecule has 0 spiro atoms. The van der Waals surface area contributed by atoms with Crippen LogP contribution in [0.1, 0.15) is 17.3 Å². The molecule has 0 saturated carbocycles. The van der Waals surface area contributed by atoms with Crippen LogP contribution in [0.25, 0.3) is 0 Å². The molecule has 1 saturated heterocycles. The van der Waals surface area contributed by atoms with Gasteiger partial charge in [0.05, 0.1) is 23.4 Å². The van der Waals surface area contributed by atoms with Crippen molar-refractivity contribution < 1.29 is 14.3 Å². The van der Waals surface area contributed by atoms with E-state index in [1.165, 1.54) is 7.11 Å². The van der Waals surface area contributed by atoms with E-state index >= 15 is 0 Å². The third-order valence-electron chi connectivity index (χ3n) is 4.62. The predicted octanol–water partition coefficient (Wildman–Crippen LogP) is 3.27. The molecule has 0 atom stereocenters. The highest BCUT2D eigenvalue weighted by atomic mass is 35.5. The minimum atomic E-state index is -0.258. The van der Waals surface area contributed by atoms with Gasteiger partial charge in [0.2, 0.25) is 5.91 Å². The second-order valence-corrected chi connectivity index (χ2v) is 6.72. The molecule has 3 rings (SSSR count). The Morgan fingerprint density at radius 3 is 2.41 bits per heavy atom. The number of carbonyl (C=O) groups is 2. The maximum atomic E-state index is 12.5. The smallest absolute Gasteiger partial charge is 0.259 e. The fourth-order valence-corrected chi connectivity index (χ4v) is 3.43. The van der Waals surface area contributed by atoms with Gasteiger partial charge in [-0.1, -0.05) is 23.7 Å². The average Bonchev–Trinajstić information content (AvgIpc) is 2.68. The third-order valence-corrected chi connectivity index (χ3v) is 4.93. The molecule has 1 fully saturated rings. The van der Waals surface area contributed by atoms with Gasteiger partial charge in [-0.2, -0.15) is 0 Å². The lowest BCUT2D eigenvalue weighted by Crippen LogP contribution is -2.48. The number of nitrogens with one attached hydrogen (secondary N) is 1. The van der Waals surface area contributed by atoms with Crippen LogP contribution in [0.5, 0.6) is 5.75 Å². The Balaban J connectivity index is 1.70. The van der Waals surface area contributed by atoms with Crippen molar-refractivity contribution in [3.63, 3.8) is 0 Å².